The second-order valence-electron chi connectivity index (χ2n) is 3.30. The van der Waals surface area contributed by atoms with E-state index in [1.807, 2.05) is 25.1 Å². The molecule has 0 spiro atoms. The van der Waals surface area contributed by atoms with E-state index in [1.165, 1.54) is 0 Å². The minimum atomic E-state index is -0.00639. The van der Waals surface area contributed by atoms with E-state index in [1.54, 1.807) is 0 Å². The SMILES string of the molecule is Cc1ccc([C@@H]2COC(N)=N2)cc1Cl. The normalized spacial score (nSPS) is 20.4. The Hall–Kier alpha value is -1.22. The van der Waals surface area contributed by atoms with Gasteiger partial charge in [-0.2, -0.15) is 0 Å². The number of rotatable bonds is 1. The highest BCUT2D eigenvalue weighted by atomic mass is 35.5. The number of ether oxygens (including phenoxy) is 1. The van der Waals surface area contributed by atoms with Gasteiger partial charge in [-0.3, -0.25) is 0 Å². The molecule has 1 aliphatic rings. The minimum absolute atomic E-state index is 0.00639. The summed E-state index contributed by atoms with van der Waals surface area (Å²) in [6.07, 6.45) is 0. The van der Waals surface area contributed by atoms with Crippen LogP contribution in [0, 0.1) is 6.92 Å². The molecule has 0 amide bonds. The average molecular weight is 211 g/mol. The number of nitrogens with two attached hydrogens (primary N) is 1. The van der Waals surface area contributed by atoms with Crippen LogP contribution in [0.4, 0.5) is 0 Å². The summed E-state index contributed by atoms with van der Waals surface area (Å²) in [7, 11) is 0. The molecule has 0 fully saturated rings. The van der Waals surface area contributed by atoms with Crippen LogP contribution in [0.25, 0.3) is 0 Å². The van der Waals surface area contributed by atoms with Crippen LogP contribution >= 0.6 is 11.6 Å². The Morgan fingerprint density at radius 2 is 2.36 bits per heavy atom. The zero-order chi connectivity index (χ0) is 10.1. The van der Waals surface area contributed by atoms with E-state index in [0.717, 1.165) is 16.1 Å². The standard InChI is InChI=1S/C10H11ClN2O/c1-6-2-3-7(4-8(6)11)9-5-14-10(12)13-9/h2-4,9H,5H2,1H3,(H2,12,13)/t9-/m0/s1. The second-order valence-corrected chi connectivity index (χ2v) is 3.71. The topological polar surface area (TPSA) is 47.6 Å². The summed E-state index contributed by atoms with van der Waals surface area (Å²) >= 11 is 6.01. The van der Waals surface area contributed by atoms with Crippen LogP contribution in [0.1, 0.15) is 17.2 Å². The van der Waals surface area contributed by atoms with E-state index in [2.05, 4.69) is 4.99 Å². The summed E-state index contributed by atoms with van der Waals surface area (Å²) in [5, 5.41) is 0.753. The monoisotopic (exact) mass is 210 g/mol. The van der Waals surface area contributed by atoms with E-state index in [0.29, 0.717) is 6.61 Å². The van der Waals surface area contributed by atoms with Crippen molar-refractivity contribution in [1.82, 2.24) is 0 Å². The highest BCUT2D eigenvalue weighted by molar-refractivity contribution is 6.31. The Morgan fingerprint density at radius 3 is 2.93 bits per heavy atom. The molecule has 0 unspecified atom stereocenters. The predicted molar refractivity (Wildman–Crippen MR) is 56.5 cm³/mol. The van der Waals surface area contributed by atoms with Crippen molar-refractivity contribution in [3.63, 3.8) is 0 Å². The Bertz CT molecular complexity index is 390. The van der Waals surface area contributed by atoms with Crippen molar-refractivity contribution in [2.24, 2.45) is 10.7 Å². The highest BCUT2D eigenvalue weighted by Gasteiger charge is 2.18. The van der Waals surface area contributed by atoms with Gasteiger partial charge in [-0.1, -0.05) is 23.7 Å². The van der Waals surface area contributed by atoms with Gasteiger partial charge in [-0.25, -0.2) is 4.99 Å². The van der Waals surface area contributed by atoms with E-state index in [-0.39, 0.29) is 12.1 Å². The third kappa shape index (κ3) is 1.68. The molecule has 14 heavy (non-hydrogen) atoms. The predicted octanol–water partition coefficient (Wildman–Crippen LogP) is 2.03. The molecule has 2 N–H and O–H groups in total. The first-order valence-corrected chi connectivity index (χ1v) is 4.77. The van der Waals surface area contributed by atoms with Crippen molar-refractivity contribution in [3.8, 4) is 0 Å². The van der Waals surface area contributed by atoms with Crippen molar-refractivity contribution in [1.29, 1.82) is 0 Å². The van der Waals surface area contributed by atoms with E-state index in [4.69, 9.17) is 22.1 Å². The fourth-order valence-electron chi connectivity index (χ4n) is 1.38. The Morgan fingerprint density at radius 1 is 1.57 bits per heavy atom. The molecule has 4 heteroatoms. The Kier molecular flexibility index (Phi) is 2.33. The molecular formula is C10H11ClN2O. The van der Waals surface area contributed by atoms with Crippen LogP contribution in [0.5, 0.6) is 0 Å². The summed E-state index contributed by atoms with van der Waals surface area (Å²) in [5.74, 6) is 0. The number of aryl methyl sites for hydroxylation is 1. The molecule has 0 aliphatic carbocycles. The summed E-state index contributed by atoms with van der Waals surface area (Å²) in [5.41, 5.74) is 7.53. The van der Waals surface area contributed by atoms with Gasteiger partial charge in [-0.15, -0.1) is 0 Å². The summed E-state index contributed by atoms with van der Waals surface area (Å²) in [6.45, 7) is 2.47. The van der Waals surface area contributed by atoms with Crippen molar-refractivity contribution < 1.29 is 4.74 Å². The first-order valence-electron chi connectivity index (χ1n) is 4.39. The Balaban J connectivity index is 2.29. The molecule has 1 heterocycles. The van der Waals surface area contributed by atoms with Gasteiger partial charge in [0, 0.05) is 5.02 Å². The molecule has 0 aromatic heterocycles. The molecule has 1 aromatic carbocycles. The maximum atomic E-state index is 6.01. The smallest absolute Gasteiger partial charge is 0.282 e. The number of halogens is 1. The van der Waals surface area contributed by atoms with Crippen LogP contribution in [0.2, 0.25) is 5.02 Å². The number of hydrogen-bond acceptors (Lipinski definition) is 3. The van der Waals surface area contributed by atoms with Crippen molar-refractivity contribution in [2.75, 3.05) is 6.61 Å². The van der Waals surface area contributed by atoms with Gasteiger partial charge in [0.25, 0.3) is 6.02 Å². The van der Waals surface area contributed by atoms with Crippen LogP contribution in [-0.4, -0.2) is 12.6 Å². The van der Waals surface area contributed by atoms with Gasteiger partial charge in [0.2, 0.25) is 0 Å². The van der Waals surface area contributed by atoms with Gasteiger partial charge in [0.15, 0.2) is 0 Å². The van der Waals surface area contributed by atoms with Crippen molar-refractivity contribution in [2.45, 2.75) is 13.0 Å². The van der Waals surface area contributed by atoms with E-state index < -0.39 is 0 Å². The van der Waals surface area contributed by atoms with Gasteiger partial charge in [0.1, 0.15) is 12.6 Å². The largest absolute Gasteiger partial charge is 0.463 e. The lowest BCUT2D eigenvalue weighted by Gasteiger charge is -2.06. The molecule has 74 valence electrons. The van der Waals surface area contributed by atoms with Gasteiger partial charge >= 0.3 is 0 Å². The third-order valence-electron chi connectivity index (χ3n) is 2.25. The molecule has 0 radical (unpaired) electrons. The van der Waals surface area contributed by atoms with Crippen LogP contribution in [-0.2, 0) is 4.74 Å². The summed E-state index contributed by atoms with van der Waals surface area (Å²) < 4.78 is 5.07. The van der Waals surface area contributed by atoms with E-state index in [9.17, 15) is 0 Å². The second kappa shape index (κ2) is 3.50. The summed E-state index contributed by atoms with van der Waals surface area (Å²) in [4.78, 5) is 4.14. The Labute approximate surface area is 87.5 Å². The third-order valence-corrected chi connectivity index (χ3v) is 2.66. The molecule has 0 saturated heterocycles. The molecular weight excluding hydrogens is 200 g/mol. The molecule has 0 bridgehead atoms. The number of aliphatic imine (C=N–C) groups is 1. The van der Waals surface area contributed by atoms with Gasteiger partial charge in [0.05, 0.1) is 0 Å². The maximum absolute atomic E-state index is 6.01. The number of hydrogen-bond donors (Lipinski definition) is 1. The molecule has 3 nitrogen and oxygen atoms in total. The number of nitrogens with zero attached hydrogens (tertiary/aromatic N) is 1. The lowest BCUT2D eigenvalue weighted by atomic mass is 10.1. The fourth-order valence-corrected chi connectivity index (χ4v) is 1.57. The lowest BCUT2D eigenvalue weighted by molar-refractivity contribution is 0.315. The van der Waals surface area contributed by atoms with Crippen LogP contribution in [0.3, 0.4) is 0 Å². The fraction of sp³-hybridized carbons (Fsp3) is 0.300. The molecule has 1 aromatic rings. The number of benzene rings is 1. The summed E-state index contributed by atoms with van der Waals surface area (Å²) in [6, 6.07) is 6.13. The molecule has 2 rings (SSSR count). The average Bonchev–Trinajstić information content (AvgIpc) is 2.57. The zero-order valence-electron chi connectivity index (χ0n) is 7.83. The maximum Gasteiger partial charge on any atom is 0.282 e. The van der Waals surface area contributed by atoms with Crippen molar-refractivity contribution in [3.05, 3.63) is 34.3 Å². The van der Waals surface area contributed by atoms with Crippen molar-refractivity contribution >= 4 is 17.6 Å². The molecule has 0 saturated carbocycles. The quantitative estimate of drug-likeness (QED) is 0.771. The van der Waals surface area contributed by atoms with Gasteiger partial charge in [-0.05, 0) is 24.1 Å². The lowest BCUT2D eigenvalue weighted by Crippen LogP contribution is -2.10. The zero-order valence-corrected chi connectivity index (χ0v) is 8.58. The van der Waals surface area contributed by atoms with Gasteiger partial charge < -0.3 is 10.5 Å². The minimum Gasteiger partial charge on any atom is -0.463 e. The highest BCUT2D eigenvalue weighted by Crippen LogP contribution is 2.26. The van der Waals surface area contributed by atoms with E-state index >= 15 is 0 Å². The number of amidine groups is 1. The first-order chi connectivity index (χ1) is 6.66. The van der Waals surface area contributed by atoms with Crippen LogP contribution in [0.15, 0.2) is 23.2 Å². The molecule has 1 aliphatic heterocycles. The first kappa shape index (κ1) is 9.34. The van der Waals surface area contributed by atoms with Crippen LogP contribution < -0.4 is 5.73 Å². The molecule has 1 atom stereocenters.